The number of ether oxygens (including phenoxy) is 1. The van der Waals surface area contributed by atoms with Gasteiger partial charge in [0, 0.05) is 5.41 Å². The SMILES string of the molecule is C[C@@H]1NC(=O)O[C@@H]1C(C)(C)C. The molecule has 0 unspecified atom stereocenters. The van der Waals surface area contributed by atoms with Gasteiger partial charge in [0.1, 0.15) is 6.10 Å². The van der Waals surface area contributed by atoms with Gasteiger partial charge >= 0.3 is 6.09 Å². The Bertz CT molecular complexity index is 171. The molecule has 0 spiro atoms. The van der Waals surface area contributed by atoms with Gasteiger partial charge < -0.3 is 10.1 Å². The minimum absolute atomic E-state index is 0.00463. The van der Waals surface area contributed by atoms with E-state index >= 15 is 0 Å². The number of carbonyl (C=O) groups excluding carboxylic acids is 1. The Morgan fingerprint density at radius 1 is 1.45 bits per heavy atom. The molecule has 1 saturated heterocycles. The summed E-state index contributed by atoms with van der Waals surface area (Å²) in [7, 11) is 0. The van der Waals surface area contributed by atoms with Gasteiger partial charge in [-0.3, -0.25) is 0 Å². The Kier molecular flexibility index (Phi) is 1.82. The first kappa shape index (κ1) is 8.37. The third-order valence-corrected chi connectivity index (χ3v) is 1.89. The van der Waals surface area contributed by atoms with E-state index in [0.717, 1.165) is 0 Å². The maximum absolute atomic E-state index is 10.8. The maximum Gasteiger partial charge on any atom is 0.407 e. The summed E-state index contributed by atoms with van der Waals surface area (Å²) in [6, 6.07) is 0.127. The molecule has 0 aromatic heterocycles. The highest BCUT2D eigenvalue weighted by Crippen LogP contribution is 2.27. The van der Waals surface area contributed by atoms with E-state index < -0.39 is 0 Å². The van der Waals surface area contributed by atoms with Crippen LogP contribution >= 0.6 is 0 Å². The van der Waals surface area contributed by atoms with Gasteiger partial charge in [-0.05, 0) is 6.92 Å². The normalized spacial score (nSPS) is 31.5. The highest BCUT2D eigenvalue weighted by molar-refractivity contribution is 5.70. The van der Waals surface area contributed by atoms with E-state index in [1.807, 2.05) is 6.92 Å². The predicted octanol–water partition coefficient (Wildman–Crippen LogP) is 1.53. The Morgan fingerprint density at radius 3 is 2.18 bits per heavy atom. The van der Waals surface area contributed by atoms with Crippen LogP contribution in [0.15, 0.2) is 0 Å². The molecule has 1 aliphatic heterocycles. The molecule has 0 aromatic rings. The van der Waals surface area contributed by atoms with Gasteiger partial charge in [-0.2, -0.15) is 0 Å². The van der Waals surface area contributed by atoms with Crippen LogP contribution in [0.1, 0.15) is 27.7 Å². The number of nitrogens with one attached hydrogen (secondary N) is 1. The van der Waals surface area contributed by atoms with Gasteiger partial charge in [0.25, 0.3) is 0 Å². The fourth-order valence-electron chi connectivity index (χ4n) is 1.44. The predicted molar refractivity (Wildman–Crippen MR) is 42.3 cm³/mol. The van der Waals surface area contributed by atoms with Crippen LogP contribution in [-0.4, -0.2) is 18.2 Å². The van der Waals surface area contributed by atoms with Crippen molar-refractivity contribution in [2.45, 2.75) is 39.8 Å². The van der Waals surface area contributed by atoms with Gasteiger partial charge in [-0.15, -0.1) is 0 Å². The molecule has 1 rings (SSSR count). The highest BCUT2D eigenvalue weighted by Gasteiger charge is 2.38. The molecule has 0 saturated carbocycles. The van der Waals surface area contributed by atoms with Crippen molar-refractivity contribution in [1.29, 1.82) is 0 Å². The van der Waals surface area contributed by atoms with E-state index in [4.69, 9.17) is 4.74 Å². The molecule has 2 atom stereocenters. The van der Waals surface area contributed by atoms with Crippen molar-refractivity contribution < 1.29 is 9.53 Å². The van der Waals surface area contributed by atoms with E-state index in [1.54, 1.807) is 0 Å². The smallest absolute Gasteiger partial charge is 0.407 e. The fourth-order valence-corrected chi connectivity index (χ4v) is 1.44. The summed E-state index contributed by atoms with van der Waals surface area (Å²) in [6.45, 7) is 8.15. The molecule has 1 fully saturated rings. The minimum Gasteiger partial charge on any atom is -0.444 e. The second-order valence-corrected chi connectivity index (χ2v) is 4.12. The quantitative estimate of drug-likeness (QED) is 0.579. The molecule has 0 radical (unpaired) electrons. The number of alkyl carbamates (subject to hydrolysis) is 1. The lowest BCUT2D eigenvalue weighted by molar-refractivity contribution is 0.0590. The van der Waals surface area contributed by atoms with Gasteiger partial charge in [0.15, 0.2) is 0 Å². The number of hydrogen-bond acceptors (Lipinski definition) is 2. The minimum atomic E-state index is -0.294. The second kappa shape index (κ2) is 2.40. The number of hydrogen-bond donors (Lipinski definition) is 1. The zero-order valence-electron chi connectivity index (χ0n) is 7.47. The molecule has 0 aromatic carbocycles. The van der Waals surface area contributed by atoms with Crippen molar-refractivity contribution >= 4 is 6.09 Å². The average molecular weight is 157 g/mol. The molecular weight excluding hydrogens is 142 g/mol. The molecule has 11 heavy (non-hydrogen) atoms. The first-order valence-electron chi connectivity index (χ1n) is 3.88. The van der Waals surface area contributed by atoms with E-state index in [9.17, 15) is 4.79 Å². The standard InChI is InChI=1S/C8H15NO2/c1-5-6(8(2,3)4)11-7(10)9-5/h5-6H,1-4H3,(H,9,10)/t5-,6-/m0/s1. The third-order valence-electron chi connectivity index (χ3n) is 1.89. The summed E-state index contributed by atoms with van der Waals surface area (Å²) in [4.78, 5) is 10.8. The summed E-state index contributed by atoms with van der Waals surface area (Å²) in [5.74, 6) is 0. The number of cyclic esters (lactones) is 1. The highest BCUT2D eigenvalue weighted by atomic mass is 16.6. The van der Waals surface area contributed by atoms with Crippen molar-refractivity contribution in [3.8, 4) is 0 Å². The molecule has 0 bridgehead atoms. The summed E-state index contributed by atoms with van der Waals surface area (Å²) in [5, 5.41) is 2.71. The van der Waals surface area contributed by atoms with Crippen LogP contribution in [0.2, 0.25) is 0 Å². The molecule has 3 heteroatoms. The molecule has 1 N–H and O–H groups in total. The molecule has 1 heterocycles. The molecule has 1 aliphatic rings. The van der Waals surface area contributed by atoms with Crippen LogP contribution in [-0.2, 0) is 4.74 Å². The Morgan fingerprint density at radius 2 is 2.00 bits per heavy atom. The molecule has 0 aliphatic carbocycles. The van der Waals surface area contributed by atoms with E-state index in [1.165, 1.54) is 0 Å². The number of rotatable bonds is 0. The Balaban J connectivity index is 2.67. The fraction of sp³-hybridized carbons (Fsp3) is 0.875. The number of carbonyl (C=O) groups is 1. The number of amides is 1. The van der Waals surface area contributed by atoms with Crippen molar-refractivity contribution in [3.63, 3.8) is 0 Å². The molecular formula is C8H15NO2. The van der Waals surface area contributed by atoms with E-state index in [0.29, 0.717) is 0 Å². The average Bonchev–Trinajstić information content (AvgIpc) is 2.08. The van der Waals surface area contributed by atoms with Crippen molar-refractivity contribution in [2.24, 2.45) is 5.41 Å². The Labute approximate surface area is 67.1 Å². The lowest BCUT2D eigenvalue weighted by Gasteiger charge is -2.27. The monoisotopic (exact) mass is 157 g/mol. The zero-order valence-corrected chi connectivity index (χ0v) is 7.47. The van der Waals surface area contributed by atoms with Crippen LogP contribution in [0.3, 0.4) is 0 Å². The van der Waals surface area contributed by atoms with E-state index in [-0.39, 0.29) is 23.7 Å². The summed E-state index contributed by atoms with van der Waals surface area (Å²) in [6.07, 6.45) is -0.299. The zero-order chi connectivity index (χ0) is 8.65. The van der Waals surface area contributed by atoms with Crippen LogP contribution in [0.25, 0.3) is 0 Å². The van der Waals surface area contributed by atoms with Crippen LogP contribution in [0, 0.1) is 5.41 Å². The molecule has 3 nitrogen and oxygen atoms in total. The largest absolute Gasteiger partial charge is 0.444 e. The summed E-state index contributed by atoms with van der Waals surface area (Å²) < 4.78 is 5.09. The first-order valence-corrected chi connectivity index (χ1v) is 3.88. The topological polar surface area (TPSA) is 38.3 Å². The lowest BCUT2D eigenvalue weighted by Crippen LogP contribution is -2.37. The van der Waals surface area contributed by atoms with Crippen LogP contribution in [0.4, 0.5) is 4.79 Å². The van der Waals surface area contributed by atoms with Crippen molar-refractivity contribution in [1.82, 2.24) is 5.32 Å². The van der Waals surface area contributed by atoms with Crippen LogP contribution in [0.5, 0.6) is 0 Å². The molecule has 64 valence electrons. The first-order chi connectivity index (χ1) is 4.91. The van der Waals surface area contributed by atoms with Gasteiger partial charge in [0.05, 0.1) is 6.04 Å². The lowest BCUT2D eigenvalue weighted by atomic mass is 9.86. The Hall–Kier alpha value is -0.730. The summed E-state index contributed by atoms with van der Waals surface area (Å²) >= 11 is 0. The van der Waals surface area contributed by atoms with Crippen molar-refractivity contribution in [3.05, 3.63) is 0 Å². The van der Waals surface area contributed by atoms with E-state index in [2.05, 4.69) is 26.1 Å². The van der Waals surface area contributed by atoms with Crippen molar-refractivity contribution in [2.75, 3.05) is 0 Å². The van der Waals surface area contributed by atoms with Crippen LogP contribution < -0.4 is 5.32 Å². The van der Waals surface area contributed by atoms with Gasteiger partial charge in [-0.1, -0.05) is 20.8 Å². The molecule has 1 amide bonds. The second-order valence-electron chi connectivity index (χ2n) is 4.12. The van der Waals surface area contributed by atoms with Gasteiger partial charge in [0.2, 0.25) is 0 Å². The van der Waals surface area contributed by atoms with Gasteiger partial charge in [-0.25, -0.2) is 4.79 Å². The third kappa shape index (κ3) is 1.64. The maximum atomic E-state index is 10.8. The summed E-state index contributed by atoms with van der Waals surface area (Å²) in [5.41, 5.74) is 0.0264.